The summed E-state index contributed by atoms with van der Waals surface area (Å²) in [5.74, 6) is 1.73. The van der Waals surface area contributed by atoms with Gasteiger partial charge in [0.2, 0.25) is 0 Å². The molecular weight excluding hydrogens is 415 g/mol. The number of aliphatic imine (C=N–C) groups is 1. The molecule has 0 bridgehead atoms. The quantitative estimate of drug-likeness (QED) is 0.365. The highest BCUT2D eigenvalue weighted by molar-refractivity contribution is 14.0. The SMILES string of the molecule is CCNC(=NCc1ccc(C)cc1OC)NCCN(C)C(C)C.I. The molecule has 138 valence electrons. The van der Waals surface area contributed by atoms with Crippen molar-refractivity contribution in [1.82, 2.24) is 15.5 Å². The van der Waals surface area contributed by atoms with Crippen LogP contribution in [0.15, 0.2) is 23.2 Å². The van der Waals surface area contributed by atoms with Crippen molar-refractivity contribution in [2.75, 3.05) is 33.8 Å². The van der Waals surface area contributed by atoms with Gasteiger partial charge >= 0.3 is 0 Å². The van der Waals surface area contributed by atoms with Gasteiger partial charge in [-0.2, -0.15) is 0 Å². The topological polar surface area (TPSA) is 48.9 Å². The van der Waals surface area contributed by atoms with E-state index in [4.69, 9.17) is 4.74 Å². The Morgan fingerprint density at radius 3 is 2.58 bits per heavy atom. The monoisotopic (exact) mass is 448 g/mol. The number of aryl methyl sites for hydroxylation is 1. The molecule has 1 aromatic rings. The van der Waals surface area contributed by atoms with Crippen molar-refractivity contribution in [3.8, 4) is 5.75 Å². The fraction of sp³-hybridized carbons (Fsp3) is 0.611. The Balaban J connectivity index is 0.00000529. The van der Waals surface area contributed by atoms with Crippen LogP contribution in [-0.2, 0) is 6.54 Å². The van der Waals surface area contributed by atoms with Crippen LogP contribution in [0, 0.1) is 6.92 Å². The van der Waals surface area contributed by atoms with Crippen LogP contribution in [0.2, 0.25) is 0 Å². The number of benzene rings is 1. The van der Waals surface area contributed by atoms with Crippen LogP contribution in [0.5, 0.6) is 5.75 Å². The van der Waals surface area contributed by atoms with Gasteiger partial charge in [-0.15, -0.1) is 24.0 Å². The molecule has 0 atom stereocenters. The molecule has 0 unspecified atom stereocenters. The fourth-order valence-corrected chi connectivity index (χ4v) is 2.10. The number of likely N-dealkylation sites (N-methyl/N-ethyl adjacent to an activating group) is 1. The number of ether oxygens (including phenoxy) is 1. The summed E-state index contributed by atoms with van der Waals surface area (Å²) in [6.07, 6.45) is 0. The number of nitrogens with zero attached hydrogens (tertiary/aromatic N) is 2. The lowest BCUT2D eigenvalue weighted by atomic mass is 10.1. The highest BCUT2D eigenvalue weighted by atomic mass is 127. The van der Waals surface area contributed by atoms with Gasteiger partial charge in [0, 0.05) is 31.2 Å². The van der Waals surface area contributed by atoms with Crippen molar-refractivity contribution in [3.63, 3.8) is 0 Å². The smallest absolute Gasteiger partial charge is 0.191 e. The second-order valence-electron chi connectivity index (χ2n) is 6.01. The molecule has 6 heteroatoms. The number of hydrogen-bond donors (Lipinski definition) is 2. The van der Waals surface area contributed by atoms with Gasteiger partial charge in [-0.05, 0) is 46.4 Å². The minimum Gasteiger partial charge on any atom is -0.496 e. The molecule has 0 saturated carbocycles. The van der Waals surface area contributed by atoms with E-state index in [0.717, 1.165) is 36.9 Å². The van der Waals surface area contributed by atoms with E-state index in [-0.39, 0.29) is 24.0 Å². The molecule has 24 heavy (non-hydrogen) atoms. The van der Waals surface area contributed by atoms with E-state index in [9.17, 15) is 0 Å². The van der Waals surface area contributed by atoms with Crippen LogP contribution >= 0.6 is 24.0 Å². The molecule has 0 spiro atoms. The summed E-state index contributed by atoms with van der Waals surface area (Å²) in [6, 6.07) is 6.76. The second kappa shape index (κ2) is 12.4. The van der Waals surface area contributed by atoms with E-state index in [1.165, 1.54) is 5.56 Å². The second-order valence-corrected chi connectivity index (χ2v) is 6.01. The summed E-state index contributed by atoms with van der Waals surface area (Å²) in [5, 5.41) is 6.67. The average Bonchev–Trinajstić information content (AvgIpc) is 2.52. The van der Waals surface area contributed by atoms with Gasteiger partial charge in [0.05, 0.1) is 13.7 Å². The molecule has 0 aliphatic rings. The third kappa shape index (κ3) is 8.19. The Morgan fingerprint density at radius 2 is 2.00 bits per heavy atom. The normalized spacial score (nSPS) is 11.4. The Labute approximate surface area is 164 Å². The standard InChI is InChI=1S/C18H32N4O.HI/c1-7-19-18(20-10-11-22(5)14(2)3)21-13-16-9-8-15(4)12-17(16)23-6;/h8-9,12,14H,7,10-11,13H2,1-6H3,(H2,19,20,21);1H. The van der Waals surface area contributed by atoms with E-state index < -0.39 is 0 Å². The summed E-state index contributed by atoms with van der Waals surface area (Å²) >= 11 is 0. The fourth-order valence-electron chi connectivity index (χ4n) is 2.10. The first-order chi connectivity index (χ1) is 11.0. The van der Waals surface area contributed by atoms with Crippen molar-refractivity contribution < 1.29 is 4.74 Å². The maximum atomic E-state index is 5.44. The van der Waals surface area contributed by atoms with E-state index in [0.29, 0.717) is 12.6 Å². The molecule has 1 aromatic carbocycles. The number of methoxy groups -OCH3 is 1. The van der Waals surface area contributed by atoms with E-state index >= 15 is 0 Å². The van der Waals surface area contributed by atoms with E-state index in [1.807, 2.05) is 6.07 Å². The Kier molecular flexibility index (Phi) is 11.8. The predicted molar refractivity (Wildman–Crippen MR) is 114 cm³/mol. The number of hydrogen-bond acceptors (Lipinski definition) is 3. The molecule has 0 aromatic heterocycles. The lowest BCUT2D eigenvalue weighted by Gasteiger charge is -2.21. The van der Waals surface area contributed by atoms with Crippen molar-refractivity contribution in [1.29, 1.82) is 0 Å². The van der Waals surface area contributed by atoms with Crippen molar-refractivity contribution in [3.05, 3.63) is 29.3 Å². The Hall–Kier alpha value is -1.02. The zero-order valence-electron chi connectivity index (χ0n) is 15.8. The summed E-state index contributed by atoms with van der Waals surface area (Å²) in [7, 11) is 3.83. The molecule has 0 aliphatic carbocycles. The molecule has 5 nitrogen and oxygen atoms in total. The predicted octanol–water partition coefficient (Wildman–Crippen LogP) is 3.02. The first kappa shape index (κ1) is 23.0. The largest absolute Gasteiger partial charge is 0.496 e. The highest BCUT2D eigenvalue weighted by Gasteiger charge is 2.05. The van der Waals surface area contributed by atoms with Crippen LogP contribution in [0.4, 0.5) is 0 Å². The van der Waals surface area contributed by atoms with E-state index in [1.54, 1.807) is 7.11 Å². The molecule has 0 aliphatic heterocycles. The zero-order chi connectivity index (χ0) is 17.2. The molecular formula is C18H33IN4O. The van der Waals surface area contributed by atoms with Gasteiger partial charge in [-0.1, -0.05) is 12.1 Å². The Morgan fingerprint density at radius 1 is 1.29 bits per heavy atom. The molecule has 1 rings (SSSR count). The molecule has 0 fully saturated rings. The van der Waals surface area contributed by atoms with Crippen molar-refractivity contribution >= 4 is 29.9 Å². The lowest BCUT2D eigenvalue weighted by molar-refractivity contribution is 0.278. The van der Waals surface area contributed by atoms with Crippen LogP contribution < -0.4 is 15.4 Å². The minimum atomic E-state index is 0. The summed E-state index contributed by atoms with van der Waals surface area (Å²) in [6.45, 7) is 11.8. The van der Waals surface area contributed by atoms with E-state index in [2.05, 4.69) is 67.4 Å². The number of nitrogens with one attached hydrogen (secondary N) is 2. The number of rotatable bonds is 8. The summed E-state index contributed by atoms with van der Waals surface area (Å²) in [4.78, 5) is 6.96. The first-order valence-corrected chi connectivity index (χ1v) is 8.33. The van der Waals surface area contributed by atoms with Crippen molar-refractivity contribution in [2.24, 2.45) is 4.99 Å². The zero-order valence-corrected chi connectivity index (χ0v) is 18.2. The van der Waals surface area contributed by atoms with Crippen molar-refractivity contribution in [2.45, 2.75) is 40.3 Å². The van der Waals surface area contributed by atoms with Crippen LogP contribution in [0.25, 0.3) is 0 Å². The van der Waals surface area contributed by atoms with Gasteiger partial charge in [0.15, 0.2) is 5.96 Å². The van der Waals surface area contributed by atoms with Gasteiger partial charge < -0.3 is 20.3 Å². The van der Waals surface area contributed by atoms with Gasteiger partial charge in [0.25, 0.3) is 0 Å². The first-order valence-electron chi connectivity index (χ1n) is 8.33. The molecule has 2 N–H and O–H groups in total. The number of guanidine groups is 1. The Bertz CT molecular complexity index is 506. The maximum Gasteiger partial charge on any atom is 0.191 e. The maximum absolute atomic E-state index is 5.44. The minimum absolute atomic E-state index is 0. The molecule has 0 amide bonds. The van der Waals surface area contributed by atoms with Gasteiger partial charge in [-0.3, -0.25) is 0 Å². The summed E-state index contributed by atoms with van der Waals surface area (Å²) < 4.78 is 5.44. The summed E-state index contributed by atoms with van der Waals surface area (Å²) in [5.41, 5.74) is 2.28. The third-order valence-electron chi connectivity index (χ3n) is 3.83. The van der Waals surface area contributed by atoms with Gasteiger partial charge in [0.1, 0.15) is 5.75 Å². The van der Waals surface area contributed by atoms with Crippen LogP contribution in [-0.4, -0.2) is 50.7 Å². The third-order valence-corrected chi connectivity index (χ3v) is 3.83. The molecule has 0 saturated heterocycles. The van der Waals surface area contributed by atoms with Gasteiger partial charge in [-0.25, -0.2) is 4.99 Å². The van der Waals surface area contributed by atoms with Crippen LogP contribution in [0.3, 0.4) is 0 Å². The highest BCUT2D eigenvalue weighted by Crippen LogP contribution is 2.20. The molecule has 0 radical (unpaired) electrons. The molecule has 0 heterocycles. The average molecular weight is 448 g/mol. The number of halogens is 1. The van der Waals surface area contributed by atoms with Crippen LogP contribution in [0.1, 0.15) is 31.9 Å². The lowest BCUT2D eigenvalue weighted by Crippen LogP contribution is -2.42.